The molecule has 4 unspecified atom stereocenters. The number of hydrogen-bond donors (Lipinski definition) is 3. The molecule has 3 aromatic rings. The van der Waals surface area contributed by atoms with Crippen molar-refractivity contribution >= 4 is 22.7 Å². The third-order valence-corrected chi connectivity index (χ3v) is 11.7. The fraction of sp³-hybridized carbons (Fsp3) is 0.559. The second-order valence-corrected chi connectivity index (χ2v) is 14.3. The first-order valence-electron chi connectivity index (χ1n) is 15.6. The number of H-pyrrole nitrogens is 1. The predicted molar refractivity (Wildman–Crippen MR) is 158 cm³/mol. The van der Waals surface area contributed by atoms with Crippen molar-refractivity contribution in [1.82, 2.24) is 9.97 Å². The molecule has 3 aliphatic carbocycles. The fourth-order valence-electron chi connectivity index (χ4n) is 9.27. The van der Waals surface area contributed by atoms with Crippen LogP contribution in [0.25, 0.3) is 10.9 Å². The number of oxazole rings is 1. The number of carbonyl (C=O) groups is 2. The summed E-state index contributed by atoms with van der Waals surface area (Å²) in [6.45, 7) is 7.60. The number of aliphatic hydroxyl groups is 1. The lowest BCUT2D eigenvalue weighted by Crippen LogP contribution is -2.69. The van der Waals surface area contributed by atoms with Gasteiger partial charge in [0.1, 0.15) is 5.60 Å². The van der Waals surface area contributed by atoms with Crippen LogP contribution in [0.4, 0.5) is 13.2 Å². The molecule has 2 saturated carbocycles. The first-order chi connectivity index (χ1) is 21.4. The highest BCUT2D eigenvalue weighted by atomic mass is 19.3. The van der Waals surface area contributed by atoms with Gasteiger partial charge in [-0.25, -0.2) is 14.2 Å². The van der Waals surface area contributed by atoms with Gasteiger partial charge in [0.2, 0.25) is 5.76 Å². The van der Waals surface area contributed by atoms with Crippen LogP contribution in [-0.4, -0.2) is 61.7 Å². The number of aromatic carboxylic acids is 1. The average Bonchev–Trinajstić information content (AvgIpc) is 3.71. The number of benzene rings is 1. The molecule has 2 aromatic heterocycles. The Hall–Kier alpha value is -3.48. The maximum Gasteiger partial charge on any atom is 0.358 e. The number of hydrogen-bond acceptors (Lipinski definition) is 7. The van der Waals surface area contributed by atoms with Crippen molar-refractivity contribution in [1.29, 1.82) is 0 Å². The Labute approximate surface area is 263 Å². The maximum absolute atomic E-state index is 13.1. The Morgan fingerprint density at radius 2 is 1.87 bits per heavy atom. The lowest BCUT2D eigenvalue weighted by molar-refractivity contribution is -0.247. The molecule has 246 valence electrons. The van der Waals surface area contributed by atoms with Gasteiger partial charge in [0.05, 0.1) is 5.60 Å². The molecule has 4 heterocycles. The molecule has 46 heavy (non-hydrogen) atoms. The van der Waals surface area contributed by atoms with Crippen LogP contribution in [0.2, 0.25) is 0 Å². The lowest BCUT2D eigenvalue weighted by Gasteiger charge is -2.65. The number of rotatable bonds is 3. The number of carboxylic acids is 1. The number of aromatic nitrogens is 2. The minimum Gasteiger partial charge on any atom is -0.476 e. The molecule has 3 N–H and O–H groups in total. The summed E-state index contributed by atoms with van der Waals surface area (Å²) in [5.74, 6) is -7.72. The number of ketones is 1. The second kappa shape index (κ2) is 9.54. The van der Waals surface area contributed by atoms with Crippen molar-refractivity contribution in [2.24, 2.45) is 11.3 Å². The monoisotopic (exact) mass is 642 g/mol. The second-order valence-electron chi connectivity index (χ2n) is 14.3. The zero-order chi connectivity index (χ0) is 33.2. The number of carbonyl (C=O) groups excluding carboxylic acids is 1. The van der Waals surface area contributed by atoms with Crippen LogP contribution < -0.4 is 0 Å². The highest BCUT2D eigenvalue weighted by molar-refractivity contribution is 5.97. The number of fused-ring (bicyclic) bond motifs is 9. The van der Waals surface area contributed by atoms with Gasteiger partial charge in [0.15, 0.2) is 35.9 Å². The van der Waals surface area contributed by atoms with E-state index in [4.69, 9.17) is 14.6 Å². The van der Waals surface area contributed by atoms with Crippen molar-refractivity contribution in [3.63, 3.8) is 0 Å². The van der Waals surface area contributed by atoms with E-state index < -0.39 is 58.5 Å². The Morgan fingerprint density at radius 3 is 2.57 bits per heavy atom. The Morgan fingerprint density at radius 1 is 1.15 bits per heavy atom. The topological polar surface area (TPSA) is 135 Å². The number of aryl methyl sites for hydroxylation is 1. The van der Waals surface area contributed by atoms with Gasteiger partial charge in [0.25, 0.3) is 0 Å². The van der Waals surface area contributed by atoms with E-state index in [0.29, 0.717) is 24.3 Å². The Kier molecular flexibility index (Phi) is 6.46. The number of para-hydroxylation sites is 1. The molecule has 0 radical (unpaired) electrons. The first kappa shape index (κ1) is 31.1. The molecule has 5 aliphatic rings. The number of aromatic amines is 1. The van der Waals surface area contributed by atoms with Gasteiger partial charge < -0.3 is 29.1 Å². The Balaban J connectivity index is 0.000000205. The largest absolute Gasteiger partial charge is 0.476 e. The summed E-state index contributed by atoms with van der Waals surface area (Å²) in [5.41, 5.74) is 1.02. The number of halogens is 3. The summed E-state index contributed by atoms with van der Waals surface area (Å²) in [5, 5.41) is 22.3. The van der Waals surface area contributed by atoms with Gasteiger partial charge in [-0.15, -0.1) is 0 Å². The molecule has 8 rings (SSSR count). The van der Waals surface area contributed by atoms with Crippen LogP contribution in [0.5, 0.6) is 0 Å². The smallest absolute Gasteiger partial charge is 0.358 e. The van der Waals surface area contributed by atoms with Gasteiger partial charge in [-0.1, -0.05) is 32.0 Å². The highest BCUT2D eigenvalue weighted by Crippen LogP contribution is 2.71. The van der Waals surface area contributed by atoms with Gasteiger partial charge in [-0.2, -0.15) is 8.78 Å². The maximum atomic E-state index is 13.1. The first-order valence-corrected chi connectivity index (χ1v) is 15.6. The van der Waals surface area contributed by atoms with Gasteiger partial charge in [-0.3, -0.25) is 4.79 Å². The van der Waals surface area contributed by atoms with Gasteiger partial charge >= 0.3 is 11.9 Å². The van der Waals surface area contributed by atoms with Crippen LogP contribution in [0, 0.1) is 18.3 Å². The summed E-state index contributed by atoms with van der Waals surface area (Å²) in [4.78, 5) is 30.5. The average molecular weight is 643 g/mol. The van der Waals surface area contributed by atoms with Crippen LogP contribution in [0.1, 0.15) is 86.8 Å². The number of nitrogens with one attached hydrogen (secondary N) is 1. The molecule has 2 aliphatic heterocycles. The van der Waals surface area contributed by atoms with Crippen molar-refractivity contribution in [2.45, 2.75) is 101 Å². The van der Waals surface area contributed by atoms with Crippen LogP contribution in [0.3, 0.4) is 0 Å². The zero-order valence-electron chi connectivity index (χ0n) is 26.3. The summed E-state index contributed by atoms with van der Waals surface area (Å²) in [7, 11) is 0. The molecular weight excluding hydrogens is 605 g/mol. The molecule has 2 bridgehead atoms. The SMILES string of the molecule is CC1(C)OC23CCC4(C)[C@@](O)(CCC5Cc6c([nH]c7ccccc67)[C@@]54C)C2=CC(=O)C1O3.Cc1nc(C(=O)O)c(C(F)(F)CF)o1. The molecule has 1 aromatic carbocycles. The van der Waals surface area contributed by atoms with Gasteiger partial charge in [-0.05, 0) is 63.2 Å². The minimum atomic E-state index is -3.95. The van der Waals surface area contributed by atoms with E-state index in [1.165, 1.54) is 29.1 Å². The number of ether oxygens (including phenoxy) is 2. The van der Waals surface area contributed by atoms with E-state index in [1.807, 2.05) is 13.8 Å². The Bertz CT molecular complexity index is 1830. The predicted octanol–water partition coefficient (Wildman–Crippen LogP) is 6.06. The van der Waals surface area contributed by atoms with E-state index in [-0.39, 0.29) is 17.1 Å². The number of nitrogens with zero attached hydrogens (tertiary/aromatic N) is 1. The molecule has 1 saturated heterocycles. The summed E-state index contributed by atoms with van der Waals surface area (Å²) < 4.78 is 54.5. The molecule has 3 fully saturated rings. The lowest BCUT2D eigenvalue weighted by atomic mass is 9.42. The molecular formula is C34H37F3N2O7. The van der Waals surface area contributed by atoms with Crippen LogP contribution >= 0.6 is 0 Å². The number of carboxylic acid groups (broad SMARTS) is 1. The highest BCUT2D eigenvalue weighted by Gasteiger charge is 2.75. The van der Waals surface area contributed by atoms with Crippen molar-refractivity contribution in [3.8, 4) is 0 Å². The standard InChI is InChI=1S/C27H31NO4.C7H6F3NO3/c1-23(2)22-19(29)14-20-26(30)10-9-15-13-17-16-7-5-6-8-18(16)28-21(17)25(15,4)24(26,3)11-12-27(20,31-22)32-23;1-3-11-4(6(12)13)5(14-3)7(9,10)2-8/h5-8,14-15,22,28,30H,9-13H2,1-4H3;2H2,1H3,(H,12,13)/t15?,22?,24?,25-,26-,27?;/m1./s1. The van der Waals surface area contributed by atoms with E-state index in [2.05, 4.69) is 52.5 Å². The van der Waals surface area contributed by atoms with E-state index in [9.17, 15) is 27.9 Å². The molecule has 1 spiro atoms. The van der Waals surface area contributed by atoms with E-state index >= 15 is 0 Å². The van der Waals surface area contributed by atoms with E-state index in [1.54, 1.807) is 6.08 Å². The number of alkyl halides is 3. The molecule has 0 amide bonds. The summed E-state index contributed by atoms with van der Waals surface area (Å²) in [6, 6.07) is 8.53. The normalized spacial score (nSPS) is 35.4. The third kappa shape index (κ3) is 3.83. The van der Waals surface area contributed by atoms with E-state index in [0.717, 1.165) is 19.3 Å². The van der Waals surface area contributed by atoms with Gasteiger partial charge in [0, 0.05) is 46.3 Å². The quantitative estimate of drug-likeness (QED) is 0.314. The van der Waals surface area contributed by atoms with Crippen molar-refractivity contribution < 1.29 is 46.9 Å². The minimum absolute atomic E-state index is 0.0826. The molecule has 6 atom stereocenters. The van der Waals surface area contributed by atoms with Crippen LogP contribution in [0.15, 0.2) is 40.3 Å². The molecule has 9 nitrogen and oxygen atoms in total. The van der Waals surface area contributed by atoms with Crippen molar-refractivity contribution in [3.05, 3.63) is 64.5 Å². The van der Waals surface area contributed by atoms with Crippen LogP contribution in [-0.2, 0) is 32.0 Å². The fourth-order valence-corrected chi connectivity index (χ4v) is 9.27. The summed E-state index contributed by atoms with van der Waals surface area (Å²) in [6.07, 6.45) is 5.09. The molecule has 12 heteroatoms. The summed E-state index contributed by atoms with van der Waals surface area (Å²) >= 11 is 0. The third-order valence-electron chi connectivity index (χ3n) is 11.7. The zero-order valence-corrected chi connectivity index (χ0v) is 26.3. The van der Waals surface area contributed by atoms with Crippen molar-refractivity contribution in [2.75, 3.05) is 6.67 Å².